The summed E-state index contributed by atoms with van der Waals surface area (Å²) in [5.41, 5.74) is -0.161. The van der Waals surface area contributed by atoms with Crippen molar-refractivity contribution in [2.24, 2.45) is 5.92 Å². The van der Waals surface area contributed by atoms with Crippen molar-refractivity contribution in [3.05, 3.63) is 18.2 Å². The fourth-order valence-electron chi connectivity index (χ4n) is 1.49. The highest BCUT2D eigenvalue weighted by molar-refractivity contribution is 7.62. The van der Waals surface area contributed by atoms with Crippen LogP contribution >= 0.6 is 15.2 Å². The Bertz CT molecular complexity index is 633. The fourth-order valence-corrected chi connectivity index (χ4v) is 2.91. The lowest BCUT2D eigenvalue weighted by Crippen LogP contribution is -2.25. The molecule has 0 heterocycles. The summed E-state index contributed by atoms with van der Waals surface area (Å²) in [5, 5.41) is 1.21. The third kappa shape index (κ3) is 4.74. The molecular weight excluding hydrogens is 320 g/mol. The predicted octanol–water partition coefficient (Wildman–Crippen LogP) is 0.277. The quantitative estimate of drug-likeness (QED) is 0.485. The molecule has 8 nitrogen and oxygen atoms in total. The average molecular weight is 337 g/mol. The Morgan fingerprint density at radius 3 is 2.19 bits per heavy atom. The van der Waals surface area contributed by atoms with Crippen LogP contribution in [0.3, 0.4) is 0 Å². The van der Waals surface area contributed by atoms with E-state index in [4.69, 9.17) is 9.79 Å². The van der Waals surface area contributed by atoms with Gasteiger partial charge in [0.2, 0.25) is 5.91 Å². The Balaban J connectivity index is 3.31. The van der Waals surface area contributed by atoms with E-state index in [-0.39, 0.29) is 11.6 Å². The lowest BCUT2D eigenvalue weighted by molar-refractivity contribution is -0.119. The first-order valence-corrected chi connectivity index (χ1v) is 9.26. The molecule has 5 N–H and O–H groups in total. The van der Waals surface area contributed by atoms with Gasteiger partial charge in [-0.15, -0.1) is 0 Å². The minimum atomic E-state index is -4.81. The first-order valence-electron chi connectivity index (χ1n) is 6.04. The number of hydrogen-bond acceptors (Lipinski definition) is 3. The van der Waals surface area contributed by atoms with E-state index in [0.29, 0.717) is 12.5 Å². The highest BCUT2D eigenvalue weighted by atomic mass is 31.2. The second-order valence-corrected chi connectivity index (χ2v) is 7.76. The van der Waals surface area contributed by atoms with Gasteiger partial charge in [-0.2, -0.15) is 0 Å². The minimum Gasteiger partial charge on any atom is -0.325 e. The molecule has 1 unspecified atom stereocenters. The molecule has 118 valence electrons. The van der Waals surface area contributed by atoms with E-state index in [1.807, 2.05) is 0 Å². The molecule has 21 heavy (non-hydrogen) atoms. The van der Waals surface area contributed by atoms with E-state index in [1.165, 1.54) is 0 Å². The Morgan fingerprint density at radius 1 is 1.19 bits per heavy atom. The minimum absolute atomic E-state index is 0.161. The second-order valence-electron chi connectivity index (χ2n) is 4.59. The molecule has 0 aromatic heterocycles. The normalized spacial score (nSPS) is 13.8. The highest BCUT2D eigenvalue weighted by Gasteiger charge is 2.27. The maximum Gasteiger partial charge on any atom is 0.358 e. The Kier molecular flexibility index (Phi) is 5.50. The van der Waals surface area contributed by atoms with E-state index < -0.39 is 31.7 Å². The molecule has 1 amide bonds. The van der Waals surface area contributed by atoms with Crippen molar-refractivity contribution in [2.45, 2.75) is 20.3 Å². The number of benzene rings is 1. The maximum atomic E-state index is 11.8. The number of amides is 1. The summed E-state index contributed by atoms with van der Waals surface area (Å²) < 4.78 is 22.6. The molecule has 1 rings (SSSR count). The number of carbonyl (C=O) groups is 1. The summed E-state index contributed by atoms with van der Waals surface area (Å²) in [6.45, 7) is 3.43. The van der Waals surface area contributed by atoms with Gasteiger partial charge >= 0.3 is 15.2 Å². The summed E-state index contributed by atoms with van der Waals surface area (Å²) in [6, 6.07) is 2.81. The van der Waals surface area contributed by atoms with E-state index in [2.05, 4.69) is 5.32 Å². The van der Waals surface area contributed by atoms with Crippen LogP contribution in [0.15, 0.2) is 18.2 Å². The van der Waals surface area contributed by atoms with E-state index in [0.717, 1.165) is 12.1 Å². The zero-order chi connectivity index (χ0) is 16.4. The van der Waals surface area contributed by atoms with Gasteiger partial charge in [-0.25, -0.2) is 0 Å². The molecule has 1 atom stereocenters. The second kappa shape index (κ2) is 6.40. The third-order valence-corrected chi connectivity index (χ3v) is 4.90. The zero-order valence-corrected chi connectivity index (χ0v) is 13.2. The monoisotopic (exact) mass is 337 g/mol. The van der Waals surface area contributed by atoms with Gasteiger partial charge in [0.1, 0.15) is 0 Å². The van der Waals surface area contributed by atoms with Crippen LogP contribution in [0.5, 0.6) is 0 Å². The first-order chi connectivity index (χ1) is 9.46. The van der Waals surface area contributed by atoms with Gasteiger partial charge in [0.05, 0.1) is 16.3 Å². The Hall–Kier alpha value is -1.01. The van der Waals surface area contributed by atoms with Crippen LogP contribution in [-0.4, -0.2) is 25.5 Å². The molecule has 0 aliphatic heterocycles. The lowest BCUT2D eigenvalue weighted by atomic mass is 10.1. The standard InChI is InChI=1S/C11H17NO7P2/c1-3-7(2)11(13)12-9-5-4-8(20(14,15)16)6-10(9)21(17,18)19/h4-7H,3H2,1-2H3,(H,12,13)(H2,14,15,16)(H2,17,18,19). The summed E-state index contributed by atoms with van der Waals surface area (Å²) in [4.78, 5) is 48.4. The van der Waals surface area contributed by atoms with Gasteiger partial charge < -0.3 is 24.9 Å². The van der Waals surface area contributed by atoms with Crippen LogP contribution < -0.4 is 15.9 Å². The first kappa shape index (κ1) is 18.0. The van der Waals surface area contributed by atoms with Crippen LogP contribution in [0.4, 0.5) is 5.69 Å². The number of hydrogen-bond donors (Lipinski definition) is 5. The molecule has 0 aliphatic rings. The molecule has 1 aromatic carbocycles. The third-order valence-electron chi connectivity index (χ3n) is 2.95. The highest BCUT2D eigenvalue weighted by Crippen LogP contribution is 2.39. The van der Waals surface area contributed by atoms with Crippen molar-refractivity contribution in [3.63, 3.8) is 0 Å². The SMILES string of the molecule is CCC(C)C(=O)Nc1ccc(P(=O)(O)O)cc1P(=O)(O)O. The van der Waals surface area contributed by atoms with Crippen molar-refractivity contribution in [1.29, 1.82) is 0 Å². The van der Waals surface area contributed by atoms with Crippen LogP contribution in [-0.2, 0) is 13.9 Å². The van der Waals surface area contributed by atoms with Crippen LogP contribution in [0.25, 0.3) is 0 Å². The molecule has 0 aliphatic carbocycles. The Morgan fingerprint density at radius 2 is 1.76 bits per heavy atom. The number of rotatable bonds is 5. The molecule has 0 fully saturated rings. The van der Waals surface area contributed by atoms with Crippen molar-refractivity contribution in [3.8, 4) is 0 Å². The van der Waals surface area contributed by atoms with Gasteiger partial charge in [0, 0.05) is 5.92 Å². The fraction of sp³-hybridized carbons (Fsp3) is 0.364. The van der Waals surface area contributed by atoms with Gasteiger partial charge in [-0.1, -0.05) is 13.8 Å². The summed E-state index contributed by atoms with van der Waals surface area (Å²) in [5.74, 6) is -0.799. The maximum absolute atomic E-state index is 11.8. The largest absolute Gasteiger partial charge is 0.358 e. The number of anilines is 1. The van der Waals surface area contributed by atoms with Crippen molar-refractivity contribution in [2.75, 3.05) is 5.32 Å². The zero-order valence-electron chi connectivity index (χ0n) is 11.4. The van der Waals surface area contributed by atoms with Crippen molar-refractivity contribution >= 4 is 37.4 Å². The summed E-state index contributed by atoms with van der Waals surface area (Å²) in [6.07, 6.45) is 0.539. The van der Waals surface area contributed by atoms with Gasteiger partial charge in [-0.05, 0) is 24.6 Å². The Labute approximate surface area is 121 Å². The van der Waals surface area contributed by atoms with Gasteiger partial charge in [0.15, 0.2) is 0 Å². The van der Waals surface area contributed by atoms with Crippen molar-refractivity contribution in [1.82, 2.24) is 0 Å². The predicted molar refractivity (Wildman–Crippen MR) is 77.9 cm³/mol. The molecule has 0 spiro atoms. The van der Waals surface area contributed by atoms with E-state index in [1.54, 1.807) is 13.8 Å². The molecule has 0 radical (unpaired) electrons. The molecule has 0 bridgehead atoms. The molecular formula is C11H17NO7P2. The van der Waals surface area contributed by atoms with Gasteiger partial charge in [-0.3, -0.25) is 13.9 Å². The topological polar surface area (TPSA) is 144 Å². The molecule has 0 saturated carbocycles. The number of carbonyl (C=O) groups excluding carboxylic acids is 1. The lowest BCUT2D eigenvalue weighted by Gasteiger charge is -2.16. The van der Waals surface area contributed by atoms with Crippen molar-refractivity contribution < 1.29 is 33.5 Å². The average Bonchev–Trinajstić information content (AvgIpc) is 2.35. The van der Waals surface area contributed by atoms with Crippen LogP contribution in [0.2, 0.25) is 0 Å². The smallest absolute Gasteiger partial charge is 0.325 e. The van der Waals surface area contributed by atoms with E-state index in [9.17, 15) is 23.7 Å². The summed E-state index contributed by atoms with van der Waals surface area (Å²) in [7, 11) is -9.45. The van der Waals surface area contributed by atoms with E-state index >= 15 is 0 Å². The summed E-state index contributed by atoms with van der Waals surface area (Å²) >= 11 is 0. The molecule has 10 heteroatoms. The number of nitrogens with one attached hydrogen (secondary N) is 1. The van der Waals surface area contributed by atoms with Crippen LogP contribution in [0, 0.1) is 5.92 Å². The molecule has 0 saturated heterocycles. The van der Waals surface area contributed by atoms with Crippen LogP contribution in [0.1, 0.15) is 20.3 Å². The molecule has 1 aromatic rings. The van der Waals surface area contributed by atoms with Gasteiger partial charge in [0.25, 0.3) is 0 Å².